The molecule has 33 heavy (non-hydrogen) atoms. The number of carbonyl (C=O) groups is 2. The monoisotopic (exact) mass is 446 g/mol. The van der Waals surface area contributed by atoms with Crippen molar-refractivity contribution >= 4 is 11.8 Å². The summed E-state index contributed by atoms with van der Waals surface area (Å²) in [6, 6.07) is 20.3. The second kappa shape index (κ2) is 11.2. The second-order valence-corrected chi connectivity index (χ2v) is 8.03. The zero-order valence-corrected chi connectivity index (χ0v) is 19.5. The van der Waals surface area contributed by atoms with Gasteiger partial charge in [0, 0.05) is 24.2 Å². The fourth-order valence-electron chi connectivity index (χ4n) is 3.52. The van der Waals surface area contributed by atoms with Gasteiger partial charge >= 0.3 is 0 Å². The summed E-state index contributed by atoms with van der Waals surface area (Å²) in [6.07, 6.45) is 0. The lowest BCUT2D eigenvalue weighted by molar-refractivity contribution is 0.0949. The molecule has 0 aliphatic carbocycles. The van der Waals surface area contributed by atoms with Crippen LogP contribution in [-0.4, -0.2) is 26.0 Å². The highest BCUT2D eigenvalue weighted by atomic mass is 16.5. The van der Waals surface area contributed by atoms with Crippen LogP contribution in [0.5, 0.6) is 11.5 Å². The Morgan fingerprint density at radius 3 is 1.82 bits per heavy atom. The van der Waals surface area contributed by atoms with Crippen LogP contribution in [0.3, 0.4) is 0 Å². The van der Waals surface area contributed by atoms with Gasteiger partial charge in [-0.1, -0.05) is 44.2 Å². The van der Waals surface area contributed by atoms with Gasteiger partial charge in [-0.2, -0.15) is 0 Å². The summed E-state index contributed by atoms with van der Waals surface area (Å²) < 4.78 is 10.5. The third-order valence-corrected chi connectivity index (χ3v) is 5.36. The fraction of sp³-hybridized carbons (Fsp3) is 0.259. The average Bonchev–Trinajstić information content (AvgIpc) is 2.85. The summed E-state index contributed by atoms with van der Waals surface area (Å²) in [7, 11) is 3.21. The third kappa shape index (κ3) is 6.35. The number of carbonyl (C=O) groups excluding carboxylic acids is 2. The van der Waals surface area contributed by atoms with Crippen LogP contribution in [0.15, 0.2) is 66.7 Å². The maximum Gasteiger partial charge on any atom is 0.251 e. The van der Waals surface area contributed by atoms with E-state index >= 15 is 0 Å². The second-order valence-electron chi connectivity index (χ2n) is 8.03. The Labute approximate surface area is 194 Å². The molecule has 0 radical (unpaired) electrons. The van der Waals surface area contributed by atoms with Crippen molar-refractivity contribution in [1.82, 2.24) is 10.6 Å². The molecule has 2 N–H and O–H groups in total. The van der Waals surface area contributed by atoms with Crippen molar-refractivity contribution in [3.05, 3.63) is 94.5 Å². The predicted octanol–water partition coefficient (Wildman–Crippen LogP) is 4.69. The SMILES string of the molecule is COc1cccc(CNC(=O)c2ccc(C(C)C)c(C(=O)NCc3cccc(OC)c3)c2)c1. The van der Waals surface area contributed by atoms with E-state index in [1.807, 2.05) is 68.4 Å². The molecule has 0 fully saturated rings. The van der Waals surface area contributed by atoms with Crippen molar-refractivity contribution in [2.45, 2.75) is 32.9 Å². The Kier molecular flexibility index (Phi) is 8.08. The van der Waals surface area contributed by atoms with E-state index < -0.39 is 0 Å². The number of amides is 2. The average molecular weight is 447 g/mol. The minimum atomic E-state index is -0.241. The molecule has 0 unspecified atom stereocenters. The van der Waals surface area contributed by atoms with Gasteiger partial charge in [0.25, 0.3) is 11.8 Å². The van der Waals surface area contributed by atoms with E-state index in [4.69, 9.17) is 9.47 Å². The molecule has 2 amide bonds. The maximum absolute atomic E-state index is 13.0. The Balaban J connectivity index is 1.73. The van der Waals surface area contributed by atoms with E-state index in [1.54, 1.807) is 26.4 Å². The lowest BCUT2D eigenvalue weighted by atomic mass is 9.94. The van der Waals surface area contributed by atoms with Crippen LogP contribution in [0.25, 0.3) is 0 Å². The topological polar surface area (TPSA) is 76.7 Å². The first-order valence-corrected chi connectivity index (χ1v) is 10.9. The Morgan fingerprint density at radius 1 is 0.758 bits per heavy atom. The van der Waals surface area contributed by atoms with Gasteiger partial charge in [-0.25, -0.2) is 0 Å². The summed E-state index contributed by atoms with van der Waals surface area (Å²) in [5, 5.41) is 5.87. The zero-order chi connectivity index (χ0) is 23.8. The highest BCUT2D eigenvalue weighted by Gasteiger charge is 2.17. The summed E-state index contributed by atoms with van der Waals surface area (Å²) in [5.41, 5.74) is 3.69. The largest absolute Gasteiger partial charge is 0.497 e. The number of rotatable bonds is 9. The van der Waals surface area contributed by atoms with Gasteiger partial charge in [0.1, 0.15) is 11.5 Å². The van der Waals surface area contributed by atoms with Crippen molar-refractivity contribution in [2.24, 2.45) is 0 Å². The molecule has 3 aromatic carbocycles. The number of ether oxygens (including phenoxy) is 2. The van der Waals surface area contributed by atoms with E-state index in [-0.39, 0.29) is 17.7 Å². The van der Waals surface area contributed by atoms with E-state index in [2.05, 4.69) is 10.6 Å². The van der Waals surface area contributed by atoms with Crippen molar-refractivity contribution in [3.63, 3.8) is 0 Å². The van der Waals surface area contributed by atoms with Crippen LogP contribution in [0.1, 0.15) is 57.2 Å². The Hall–Kier alpha value is -3.80. The van der Waals surface area contributed by atoms with Crippen molar-refractivity contribution < 1.29 is 19.1 Å². The lowest BCUT2D eigenvalue weighted by Gasteiger charge is -2.15. The summed E-state index contributed by atoms with van der Waals surface area (Å²) in [6.45, 7) is 4.77. The molecule has 0 aliphatic rings. The van der Waals surface area contributed by atoms with Gasteiger partial charge < -0.3 is 20.1 Å². The molecule has 3 rings (SSSR count). The summed E-state index contributed by atoms with van der Waals surface area (Å²) in [4.78, 5) is 25.8. The minimum Gasteiger partial charge on any atom is -0.497 e. The van der Waals surface area contributed by atoms with E-state index in [1.165, 1.54) is 0 Å². The van der Waals surface area contributed by atoms with Crippen LogP contribution in [0.4, 0.5) is 0 Å². The number of methoxy groups -OCH3 is 2. The Morgan fingerprint density at radius 2 is 1.30 bits per heavy atom. The van der Waals surface area contributed by atoms with E-state index in [9.17, 15) is 9.59 Å². The molecular formula is C27H30N2O4. The number of benzene rings is 3. The third-order valence-electron chi connectivity index (χ3n) is 5.36. The number of nitrogens with one attached hydrogen (secondary N) is 2. The lowest BCUT2D eigenvalue weighted by Crippen LogP contribution is -2.26. The van der Waals surface area contributed by atoms with E-state index in [0.29, 0.717) is 24.2 Å². The fourth-order valence-corrected chi connectivity index (χ4v) is 3.52. The highest BCUT2D eigenvalue weighted by Crippen LogP contribution is 2.22. The van der Waals surface area contributed by atoms with Gasteiger partial charge in [-0.15, -0.1) is 0 Å². The first kappa shape index (κ1) is 23.9. The number of hydrogen-bond acceptors (Lipinski definition) is 4. The first-order chi connectivity index (χ1) is 15.9. The van der Waals surface area contributed by atoms with Crippen molar-refractivity contribution in [3.8, 4) is 11.5 Å². The molecule has 0 bridgehead atoms. The van der Waals surface area contributed by atoms with Crippen molar-refractivity contribution in [1.29, 1.82) is 0 Å². The van der Waals surface area contributed by atoms with E-state index in [0.717, 1.165) is 28.2 Å². The van der Waals surface area contributed by atoms with Crippen LogP contribution in [0.2, 0.25) is 0 Å². The molecular weight excluding hydrogens is 416 g/mol. The normalized spacial score (nSPS) is 10.6. The molecule has 0 aliphatic heterocycles. The molecule has 0 saturated heterocycles. The molecule has 0 saturated carbocycles. The molecule has 3 aromatic rings. The van der Waals surface area contributed by atoms with Gasteiger partial charge in [0.05, 0.1) is 14.2 Å². The Bertz CT molecular complexity index is 1120. The first-order valence-electron chi connectivity index (χ1n) is 10.9. The zero-order valence-electron chi connectivity index (χ0n) is 19.5. The minimum absolute atomic E-state index is 0.136. The van der Waals surface area contributed by atoms with Crippen LogP contribution < -0.4 is 20.1 Å². The molecule has 0 heterocycles. The molecule has 6 nitrogen and oxygen atoms in total. The smallest absolute Gasteiger partial charge is 0.251 e. The van der Waals surface area contributed by atoms with Crippen LogP contribution in [-0.2, 0) is 13.1 Å². The number of hydrogen-bond donors (Lipinski definition) is 2. The standard InChI is InChI=1S/C27H30N2O4/c1-18(2)24-12-11-21(26(30)28-16-19-7-5-9-22(13-19)32-3)15-25(24)27(31)29-17-20-8-6-10-23(14-20)33-4/h5-15,18H,16-17H2,1-4H3,(H,28,30)(H,29,31). The van der Waals surface area contributed by atoms with Crippen LogP contribution >= 0.6 is 0 Å². The highest BCUT2D eigenvalue weighted by molar-refractivity contribution is 6.00. The van der Waals surface area contributed by atoms with Gasteiger partial charge in [0.2, 0.25) is 0 Å². The maximum atomic E-state index is 13.0. The van der Waals surface area contributed by atoms with Gasteiger partial charge in [-0.05, 0) is 59.0 Å². The molecule has 6 heteroatoms. The summed E-state index contributed by atoms with van der Waals surface area (Å²) in [5.74, 6) is 1.15. The molecule has 0 atom stereocenters. The summed E-state index contributed by atoms with van der Waals surface area (Å²) >= 11 is 0. The predicted molar refractivity (Wildman–Crippen MR) is 129 cm³/mol. The molecule has 0 aromatic heterocycles. The van der Waals surface area contributed by atoms with Crippen molar-refractivity contribution in [2.75, 3.05) is 14.2 Å². The van der Waals surface area contributed by atoms with Gasteiger partial charge in [0.15, 0.2) is 0 Å². The van der Waals surface area contributed by atoms with Gasteiger partial charge in [-0.3, -0.25) is 9.59 Å². The molecule has 172 valence electrons. The van der Waals surface area contributed by atoms with Crippen LogP contribution in [0, 0.1) is 0 Å². The quantitative estimate of drug-likeness (QED) is 0.500. The molecule has 0 spiro atoms.